The maximum atomic E-state index is 12.6. The molecule has 0 heterocycles. The zero-order valence-electron chi connectivity index (χ0n) is 20.5. The molecule has 37 heavy (non-hydrogen) atoms. The van der Waals surface area contributed by atoms with Gasteiger partial charge in [-0.2, -0.15) is 0 Å². The van der Waals surface area contributed by atoms with Crippen molar-refractivity contribution in [1.82, 2.24) is 10.6 Å². The van der Waals surface area contributed by atoms with Crippen LogP contribution in [0.5, 0.6) is 0 Å². The summed E-state index contributed by atoms with van der Waals surface area (Å²) in [5, 5.41) is 24.5. The molecule has 9 nitrogen and oxygen atoms in total. The van der Waals surface area contributed by atoms with Crippen LogP contribution < -0.4 is 15.5 Å². The smallest absolute Gasteiger partial charge is 0.326 e. The Morgan fingerprint density at radius 2 is 1.41 bits per heavy atom. The van der Waals surface area contributed by atoms with E-state index in [1.807, 2.05) is 12.1 Å². The number of carbonyl (C=O) groups is 4. The van der Waals surface area contributed by atoms with E-state index in [-0.39, 0.29) is 6.42 Å². The van der Waals surface area contributed by atoms with Gasteiger partial charge < -0.3 is 25.7 Å². The number of hydrogen-bond acceptors (Lipinski definition) is 5. The van der Waals surface area contributed by atoms with Gasteiger partial charge in [-0.05, 0) is 55.2 Å². The quantitative estimate of drug-likeness (QED) is 0.219. The molecule has 2 rings (SSSR count). The Morgan fingerprint density at radius 3 is 1.89 bits per heavy atom. The molecule has 200 valence electrons. The van der Waals surface area contributed by atoms with Crippen LogP contribution in [-0.2, 0) is 20.8 Å². The molecular weight excluding hydrogens is 610 g/mol. The minimum Gasteiger partial charge on any atom is -0.481 e. The number of aliphatic carboxylic acids is 2. The summed E-state index contributed by atoms with van der Waals surface area (Å²) in [6.07, 6.45) is 0.0409. The number of amides is 2. The Labute approximate surface area is 232 Å². The fourth-order valence-electron chi connectivity index (χ4n) is 3.58. The van der Waals surface area contributed by atoms with E-state index in [1.165, 1.54) is 6.92 Å². The summed E-state index contributed by atoms with van der Waals surface area (Å²) >= 11 is 6.98. The molecule has 2 atom stereocenters. The third-order valence-corrected chi connectivity index (χ3v) is 6.35. The third kappa shape index (κ3) is 10.2. The van der Waals surface area contributed by atoms with Gasteiger partial charge >= 0.3 is 11.9 Å². The van der Waals surface area contributed by atoms with Crippen molar-refractivity contribution in [3.63, 3.8) is 0 Å². The summed E-state index contributed by atoms with van der Waals surface area (Å²) in [4.78, 5) is 49.2. The number of carboxylic acids is 2. The van der Waals surface area contributed by atoms with Crippen LogP contribution in [0.1, 0.15) is 41.3 Å². The van der Waals surface area contributed by atoms with E-state index in [2.05, 4.69) is 71.7 Å². The first-order valence-electron chi connectivity index (χ1n) is 11.7. The average molecular weight is 641 g/mol. The number of carboxylic acid groups (broad SMARTS) is 2. The molecule has 0 fully saturated rings. The molecule has 0 aromatic heterocycles. The van der Waals surface area contributed by atoms with Crippen LogP contribution >= 0.6 is 31.9 Å². The van der Waals surface area contributed by atoms with E-state index in [9.17, 15) is 24.3 Å². The SMILES string of the molecule is C[C@H](NC(=O)c1ccc(Cc2ccc(N(CCBr)CCBr)cc2)cc1)C(=O)NC(CCC(=O)O)C(=O)O. The molecule has 0 aliphatic carbocycles. The van der Waals surface area contributed by atoms with E-state index in [4.69, 9.17) is 5.11 Å². The zero-order valence-corrected chi connectivity index (χ0v) is 23.6. The molecule has 11 heteroatoms. The predicted octanol–water partition coefficient (Wildman–Crippen LogP) is 3.43. The topological polar surface area (TPSA) is 136 Å². The number of carbonyl (C=O) groups excluding carboxylic acids is 2. The highest BCUT2D eigenvalue weighted by Crippen LogP contribution is 2.18. The van der Waals surface area contributed by atoms with Crippen LogP contribution in [0.3, 0.4) is 0 Å². The fourth-order valence-corrected chi connectivity index (χ4v) is 4.43. The molecule has 0 spiro atoms. The monoisotopic (exact) mass is 639 g/mol. The predicted molar refractivity (Wildman–Crippen MR) is 149 cm³/mol. The molecule has 1 unspecified atom stereocenters. The molecule has 0 radical (unpaired) electrons. The number of anilines is 1. The molecule has 0 bridgehead atoms. The van der Waals surface area contributed by atoms with Crippen LogP contribution in [0, 0.1) is 0 Å². The van der Waals surface area contributed by atoms with Crippen molar-refractivity contribution in [2.75, 3.05) is 28.6 Å². The lowest BCUT2D eigenvalue weighted by Crippen LogP contribution is -2.50. The minimum absolute atomic E-state index is 0.257. The molecule has 4 N–H and O–H groups in total. The van der Waals surface area contributed by atoms with Crippen molar-refractivity contribution in [2.45, 2.75) is 38.3 Å². The summed E-state index contributed by atoms with van der Waals surface area (Å²) in [5.74, 6) is -3.69. The van der Waals surface area contributed by atoms with Gasteiger partial charge in [0, 0.05) is 41.4 Å². The Balaban J connectivity index is 1.93. The van der Waals surface area contributed by atoms with Gasteiger partial charge in [0.05, 0.1) is 0 Å². The fraction of sp³-hybridized carbons (Fsp3) is 0.385. The Kier molecular flexibility index (Phi) is 12.6. The highest BCUT2D eigenvalue weighted by Gasteiger charge is 2.24. The van der Waals surface area contributed by atoms with Crippen molar-refractivity contribution in [3.8, 4) is 0 Å². The summed E-state index contributed by atoms with van der Waals surface area (Å²) in [6.45, 7) is 3.26. The second kappa shape index (κ2) is 15.4. The average Bonchev–Trinajstić information content (AvgIpc) is 2.86. The van der Waals surface area contributed by atoms with Gasteiger partial charge in [0.25, 0.3) is 5.91 Å². The van der Waals surface area contributed by atoms with E-state index in [1.54, 1.807) is 12.1 Å². The van der Waals surface area contributed by atoms with Crippen molar-refractivity contribution in [3.05, 3.63) is 65.2 Å². The maximum absolute atomic E-state index is 12.6. The number of alkyl halides is 2. The van der Waals surface area contributed by atoms with Gasteiger partial charge in [-0.3, -0.25) is 14.4 Å². The molecule has 0 aliphatic rings. The second-order valence-electron chi connectivity index (χ2n) is 8.43. The lowest BCUT2D eigenvalue weighted by atomic mass is 10.0. The summed E-state index contributed by atoms with van der Waals surface area (Å²) < 4.78 is 0. The number of rotatable bonds is 15. The third-order valence-electron chi connectivity index (χ3n) is 5.64. The van der Waals surface area contributed by atoms with Crippen molar-refractivity contribution in [2.24, 2.45) is 0 Å². The summed E-state index contributed by atoms with van der Waals surface area (Å²) in [5.41, 5.74) is 3.68. The molecule has 0 aliphatic heterocycles. The number of nitrogens with zero attached hydrogens (tertiary/aromatic N) is 1. The van der Waals surface area contributed by atoms with Gasteiger partial charge in [0.15, 0.2) is 0 Å². The molecule has 0 saturated carbocycles. The zero-order chi connectivity index (χ0) is 27.4. The van der Waals surface area contributed by atoms with Crippen molar-refractivity contribution < 1.29 is 29.4 Å². The summed E-state index contributed by atoms with van der Waals surface area (Å²) in [7, 11) is 0. The van der Waals surface area contributed by atoms with Crippen LogP contribution in [-0.4, -0.2) is 69.8 Å². The standard InChI is InChI=1S/C26H31Br2N3O6/c1-17(24(34)30-22(26(36)37)10-11-23(32)33)29-25(35)20-6-2-18(3-7-20)16-19-4-8-21(9-5-19)31(14-12-27)15-13-28/h2-9,17,22H,10-16H2,1H3,(H,29,35)(H,30,34)(H,32,33)(H,36,37)/t17-,22?/m0/s1. The van der Waals surface area contributed by atoms with E-state index in [0.717, 1.165) is 40.6 Å². The molecule has 2 aromatic carbocycles. The van der Waals surface area contributed by atoms with Gasteiger partial charge in [0.1, 0.15) is 12.1 Å². The lowest BCUT2D eigenvalue weighted by Gasteiger charge is -2.23. The van der Waals surface area contributed by atoms with Crippen LogP contribution in [0.4, 0.5) is 5.69 Å². The normalized spacial score (nSPS) is 12.3. The van der Waals surface area contributed by atoms with E-state index < -0.39 is 42.3 Å². The first kappa shape index (κ1) is 30.3. The first-order chi connectivity index (χ1) is 17.6. The Morgan fingerprint density at radius 1 is 0.865 bits per heavy atom. The molecular formula is C26H31Br2N3O6. The number of hydrogen-bond donors (Lipinski definition) is 4. The van der Waals surface area contributed by atoms with Crippen LogP contribution in [0.2, 0.25) is 0 Å². The van der Waals surface area contributed by atoms with Crippen LogP contribution in [0.15, 0.2) is 48.5 Å². The molecule has 2 aromatic rings. The number of benzene rings is 2. The van der Waals surface area contributed by atoms with Crippen molar-refractivity contribution in [1.29, 1.82) is 0 Å². The highest BCUT2D eigenvalue weighted by atomic mass is 79.9. The van der Waals surface area contributed by atoms with E-state index in [0.29, 0.717) is 12.0 Å². The molecule has 0 saturated heterocycles. The van der Waals surface area contributed by atoms with E-state index >= 15 is 0 Å². The summed E-state index contributed by atoms with van der Waals surface area (Å²) in [6, 6.07) is 13.1. The number of halogens is 2. The Bertz CT molecular complexity index is 1060. The molecule has 2 amide bonds. The maximum Gasteiger partial charge on any atom is 0.326 e. The van der Waals surface area contributed by atoms with Gasteiger partial charge in [-0.25, -0.2) is 4.79 Å². The first-order valence-corrected chi connectivity index (χ1v) is 14.0. The van der Waals surface area contributed by atoms with Gasteiger partial charge in [0.2, 0.25) is 5.91 Å². The second-order valence-corrected chi connectivity index (χ2v) is 10.0. The Hall–Kier alpha value is -2.92. The van der Waals surface area contributed by atoms with Crippen molar-refractivity contribution >= 4 is 61.3 Å². The van der Waals surface area contributed by atoms with Gasteiger partial charge in [-0.1, -0.05) is 56.1 Å². The van der Waals surface area contributed by atoms with Crippen LogP contribution in [0.25, 0.3) is 0 Å². The minimum atomic E-state index is -1.35. The van der Waals surface area contributed by atoms with Gasteiger partial charge in [-0.15, -0.1) is 0 Å². The number of nitrogens with one attached hydrogen (secondary N) is 2. The lowest BCUT2D eigenvalue weighted by molar-refractivity contribution is -0.143. The largest absolute Gasteiger partial charge is 0.481 e. The highest BCUT2D eigenvalue weighted by molar-refractivity contribution is 9.09.